The molecule has 0 spiro atoms. The molecule has 1 nitrogen and oxygen atoms in total. The minimum atomic E-state index is -0.490. The molecule has 1 atom stereocenters. The normalized spacial score (nSPS) is 20.3. The van der Waals surface area contributed by atoms with Gasteiger partial charge in [-0.1, -0.05) is 30.3 Å². The molecule has 0 heterocycles. The summed E-state index contributed by atoms with van der Waals surface area (Å²) in [6.07, 6.45) is 17.2. The summed E-state index contributed by atoms with van der Waals surface area (Å²) >= 11 is 0. The van der Waals surface area contributed by atoms with E-state index in [4.69, 9.17) is 0 Å². The van der Waals surface area contributed by atoms with Crippen LogP contribution in [0.2, 0.25) is 0 Å². The van der Waals surface area contributed by atoms with Gasteiger partial charge in [0.1, 0.15) is 0 Å². The fourth-order valence-corrected chi connectivity index (χ4v) is 1.72. The van der Waals surface area contributed by atoms with Crippen LogP contribution in [0.5, 0.6) is 0 Å². The van der Waals surface area contributed by atoms with Crippen LogP contribution in [0.3, 0.4) is 0 Å². The van der Waals surface area contributed by atoms with Crippen molar-refractivity contribution in [2.24, 2.45) is 0 Å². The number of rotatable bonds is 2. The SMILES string of the molecule is O[C@@H]([C]1[CH][CH][CH][CH]1)c1ccccc1.[CH]1[CH][CH][CH][CH]1.[Fe]. The molecule has 2 fully saturated rings. The van der Waals surface area contributed by atoms with Gasteiger partial charge in [0.05, 0.1) is 6.10 Å². The molecule has 0 bridgehead atoms. The van der Waals surface area contributed by atoms with Gasteiger partial charge in [-0.3, -0.25) is 0 Å². The van der Waals surface area contributed by atoms with Crippen molar-refractivity contribution in [3.63, 3.8) is 0 Å². The molecule has 0 unspecified atom stereocenters. The van der Waals surface area contributed by atoms with Crippen LogP contribution >= 0.6 is 0 Å². The summed E-state index contributed by atoms with van der Waals surface area (Å²) in [5.74, 6) is 0.950. The zero-order chi connectivity index (χ0) is 12.6. The number of aliphatic hydroxyl groups is 1. The van der Waals surface area contributed by atoms with Crippen LogP contribution in [0, 0.1) is 63.7 Å². The monoisotopic (exact) mass is 292 g/mol. The Morgan fingerprint density at radius 1 is 0.684 bits per heavy atom. The Morgan fingerprint density at radius 2 is 1.16 bits per heavy atom. The summed E-state index contributed by atoms with van der Waals surface area (Å²) in [7, 11) is 0. The zero-order valence-corrected chi connectivity index (χ0v) is 11.6. The van der Waals surface area contributed by atoms with Crippen molar-refractivity contribution < 1.29 is 22.2 Å². The van der Waals surface area contributed by atoms with Crippen molar-refractivity contribution >= 4 is 0 Å². The summed E-state index contributed by atoms with van der Waals surface area (Å²) in [4.78, 5) is 0. The van der Waals surface area contributed by atoms with E-state index in [9.17, 15) is 5.11 Å². The average molecular weight is 292 g/mol. The Labute approximate surface area is 128 Å². The third-order valence-corrected chi connectivity index (χ3v) is 2.68. The Bertz CT molecular complexity index is 308. The molecule has 2 aliphatic carbocycles. The van der Waals surface area contributed by atoms with Crippen LogP contribution in [0.15, 0.2) is 30.3 Å². The van der Waals surface area contributed by atoms with Crippen molar-refractivity contribution in [2.75, 3.05) is 0 Å². The summed E-state index contributed by atoms with van der Waals surface area (Å²) < 4.78 is 0. The summed E-state index contributed by atoms with van der Waals surface area (Å²) in [6, 6.07) is 9.67. The molecule has 0 aliphatic heterocycles. The number of benzene rings is 1. The van der Waals surface area contributed by atoms with Gasteiger partial charge in [0.25, 0.3) is 0 Å². The van der Waals surface area contributed by atoms with E-state index in [0.717, 1.165) is 11.5 Å². The van der Waals surface area contributed by atoms with Crippen LogP contribution in [-0.2, 0) is 17.1 Å². The third-order valence-electron chi connectivity index (χ3n) is 2.68. The van der Waals surface area contributed by atoms with Gasteiger partial charge < -0.3 is 5.11 Å². The zero-order valence-electron chi connectivity index (χ0n) is 10.5. The first-order valence-electron chi connectivity index (χ1n) is 5.99. The maximum atomic E-state index is 9.88. The van der Waals surface area contributed by atoms with E-state index in [1.165, 1.54) is 0 Å². The van der Waals surface area contributed by atoms with Crippen molar-refractivity contribution in [2.45, 2.75) is 6.10 Å². The van der Waals surface area contributed by atoms with Crippen molar-refractivity contribution in [3.8, 4) is 0 Å². The Kier molecular flexibility index (Phi) is 8.45. The van der Waals surface area contributed by atoms with Crippen molar-refractivity contribution in [1.29, 1.82) is 0 Å². The quantitative estimate of drug-likeness (QED) is 0.830. The van der Waals surface area contributed by atoms with E-state index < -0.39 is 6.10 Å². The predicted octanol–water partition coefficient (Wildman–Crippen LogP) is 3.14. The second-order valence-electron chi connectivity index (χ2n) is 3.99. The molecule has 3 rings (SSSR count). The van der Waals surface area contributed by atoms with E-state index >= 15 is 0 Å². The van der Waals surface area contributed by atoms with Crippen molar-refractivity contribution in [1.82, 2.24) is 0 Å². The van der Waals surface area contributed by atoms with E-state index in [0.29, 0.717) is 0 Å². The molecule has 0 aromatic heterocycles. The van der Waals surface area contributed by atoms with E-state index in [2.05, 4.69) is 0 Å². The second kappa shape index (κ2) is 9.58. The molecule has 0 saturated heterocycles. The van der Waals surface area contributed by atoms with E-state index in [1.807, 2.05) is 88.1 Å². The Hall–Kier alpha value is -0.301. The first-order chi connectivity index (χ1) is 8.88. The van der Waals surface area contributed by atoms with Crippen LogP contribution in [0.25, 0.3) is 0 Å². The molecule has 10 radical (unpaired) electrons. The van der Waals surface area contributed by atoms with Gasteiger partial charge in [-0.2, -0.15) is 0 Å². The molecule has 1 N–H and O–H groups in total. The van der Waals surface area contributed by atoms with E-state index in [-0.39, 0.29) is 17.1 Å². The maximum Gasteiger partial charge on any atom is 0.0858 e. The molecule has 2 saturated carbocycles. The molecular weight excluding hydrogens is 276 g/mol. The van der Waals surface area contributed by atoms with Gasteiger partial charge >= 0.3 is 0 Å². The van der Waals surface area contributed by atoms with Crippen LogP contribution in [-0.4, -0.2) is 5.11 Å². The standard InChI is InChI=1S/C12H11O.C5H5.Fe/c13-12(11-8-4-5-9-11)10-6-2-1-3-7-10;1-2-4-5-3-1;/h1-9,12-13H;1-5H;/t12-;;/m1../s1. The van der Waals surface area contributed by atoms with Gasteiger partial charge in [-0.05, 0) is 63.4 Å². The summed E-state index contributed by atoms with van der Waals surface area (Å²) in [5.41, 5.74) is 0.939. The third kappa shape index (κ3) is 5.69. The Morgan fingerprint density at radius 3 is 1.63 bits per heavy atom. The molecule has 1 aromatic carbocycles. The molecule has 2 heteroatoms. The Balaban J connectivity index is 0.000000256. The fourth-order valence-electron chi connectivity index (χ4n) is 1.72. The summed E-state index contributed by atoms with van der Waals surface area (Å²) in [6.45, 7) is 0. The fraction of sp³-hybridized carbons (Fsp3) is 0.0588. The van der Waals surface area contributed by atoms with Gasteiger partial charge in [0.15, 0.2) is 0 Å². The molecule has 2 aliphatic rings. The number of hydrogen-bond donors (Lipinski definition) is 1. The molecular formula is C17H16FeO. The van der Waals surface area contributed by atoms with Gasteiger partial charge in [-0.25, -0.2) is 0 Å². The van der Waals surface area contributed by atoms with Crippen LogP contribution < -0.4 is 0 Å². The smallest absolute Gasteiger partial charge is 0.0858 e. The molecule has 98 valence electrons. The topological polar surface area (TPSA) is 20.2 Å². The molecule has 0 amide bonds. The van der Waals surface area contributed by atoms with Crippen molar-refractivity contribution in [3.05, 3.63) is 99.6 Å². The number of aliphatic hydroxyl groups excluding tert-OH is 1. The van der Waals surface area contributed by atoms with Gasteiger partial charge in [-0.15, -0.1) is 0 Å². The van der Waals surface area contributed by atoms with Crippen LogP contribution in [0.1, 0.15) is 11.7 Å². The first-order valence-corrected chi connectivity index (χ1v) is 5.99. The minimum Gasteiger partial charge on any atom is -0.388 e. The van der Waals surface area contributed by atoms with Gasteiger partial charge in [0.2, 0.25) is 0 Å². The molecule has 19 heavy (non-hydrogen) atoms. The predicted molar refractivity (Wildman–Crippen MR) is 73.3 cm³/mol. The number of hydrogen-bond acceptors (Lipinski definition) is 1. The first kappa shape index (κ1) is 16.8. The largest absolute Gasteiger partial charge is 0.388 e. The van der Waals surface area contributed by atoms with E-state index in [1.54, 1.807) is 0 Å². The minimum absolute atomic E-state index is 0. The summed E-state index contributed by atoms with van der Waals surface area (Å²) in [5, 5.41) is 9.88. The average Bonchev–Trinajstić information content (AvgIpc) is 3.14. The molecule has 1 aromatic rings. The maximum absolute atomic E-state index is 9.88. The van der Waals surface area contributed by atoms with Gasteiger partial charge in [0, 0.05) is 23.0 Å². The second-order valence-corrected chi connectivity index (χ2v) is 3.99. The van der Waals surface area contributed by atoms with Crippen LogP contribution in [0.4, 0.5) is 0 Å².